The van der Waals surface area contributed by atoms with Crippen molar-refractivity contribution in [2.24, 2.45) is 5.92 Å². The second-order valence-corrected chi connectivity index (χ2v) is 8.69. The largest absolute Gasteiger partial charge is 0.352 e. The number of aromatic nitrogens is 2. The molecule has 1 N–H and O–H groups in total. The number of nitrogens with zero attached hydrogens (tertiary/aromatic N) is 3. The summed E-state index contributed by atoms with van der Waals surface area (Å²) in [5, 5.41) is 4.42. The van der Waals surface area contributed by atoms with Crippen LogP contribution in [0.4, 0.5) is 0 Å². The fraction of sp³-hybridized carbons (Fsp3) is 0.545. The first-order valence-electron chi connectivity index (χ1n) is 10.3. The van der Waals surface area contributed by atoms with Crippen LogP contribution in [0.2, 0.25) is 0 Å². The third-order valence-corrected chi connectivity index (χ3v) is 6.19. The molecule has 2 fully saturated rings. The van der Waals surface area contributed by atoms with Crippen LogP contribution >= 0.6 is 12.2 Å². The van der Waals surface area contributed by atoms with E-state index < -0.39 is 0 Å². The molecule has 1 aliphatic carbocycles. The van der Waals surface area contributed by atoms with Crippen LogP contribution in [0.15, 0.2) is 42.7 Å². The van der Waals surface area contributed by atoms with Gasteiger partial charge in [-0.2, -0.15) is 0 Å². The molecule has 0 bridgehead atoms. The van der Waals surface area contributed by atoms with E-state index in [-0.39, 0.29) is 12.1 Å². The summed E-state index contributed by atoms with van der Waals surface area (Å²) in [6.07, 6.45) is 10.8. The molecule has 0 radical (unpaired) electrons. The summed E-state index contributed by atoms with van der Waals surface area (Å²) in [6, 6.07) is 11.5. The lowest BCUT2D eigenvalue weighted by Crippen LogP contribution is -2.34. The van der Waals surface area contributed by atoms with Gasteiger partial charge in [-0.1, -0.05) is 39.2 Å². The van der Waals surface area contributed by atoms with Crippen molar-refractivity contribution in [3.8, 4) is 0 Å². The molecule has 2 aromatic heterocycles. The van der Waals surface area contributed by atoms with E-state index in [0.29, 0.717) is 12.0 Å². The van der Waals surface area contributed by atoms with Crippen molar-refractivity contribution in [3.63, 3.8) is 0 Å². The van der Waals surface area contributed by atoms with E-state index in [2.05, 4.69) is 64.1 Å². The number of nitrogens with one attached hydrogen (secondary N) is 1. The monoisotopic (exact) mass is 382 g/mol. The van der Waals surface area contributed by atoms with E-state index in [0.717, 1.165) is 17.4 Å². The van der Waals surface area contributed by atoms with Crippen molar-refractivity contribution in [2.75, 3.05) is 6.54 Å². The maximum Gasteiger partial charge on any atom is 0.170 e. The van der Waals surface area contributed by atoms with Crippen LogP contribution in [-0.4, -0.2) is 26.1 Å². The minimum Gasteiger partial charge on any atom is -0.352 e. The molecule has 0 amide bonds. The van der Waals surface area contributed by atoms with Crippen LogP contribution in [0.25, 0.3) is 0 Å². The predicted molar refractivity (Wildman–Crippen MR) is 114 cm³/mol. The summed E-state index contributed by atoms with van der Waals surface area (Å²) in [5.41, 5.74) is 2.43. The van der Waals surface area contributed by atoms with Gasteiger partial charge in [0, 0.05) is 30.7 Å². The van der Waals surface area contributed by atoms with E-state index >= 15 is 0 Å². The average Bonchev–Trinajstić information content (AvgIpc) is 3.28. The molecule has 144 valence electrons. The van der Waals surface area contributed by atoms with E-state index in [1.807, 2.05) is 12.3 Å². The van der Waals surface area contributed by atoms with Gasteiger partial charge in [0.05, 0.1) is 17.8 Å². The van der Waals surface area contributed by atoms with Gasteiger partial charge in [-0.3, -0.25) is 4.98 Å². The minimum absolute atomic E-state index is 0.0923. The van der Waals surface area contributed by atoms with Crippen molar-refractivity contribution in [1.82, 2.24) is 19.8 Å². The summed E-state index contributed by atoms with van der Waals surface area (Å²) in [4.78, 5) is 7.04. The number of thiocarbonyl (C=S) groups is 1. The second-order valence-electron chi connectivity index (χ2n) is 8.30. The van der Waals surface area contributed by atoms with Gasteiger partial charge in [-0.25, -0.2) is 0 Å². The molecule has 4 nitrogen and oxygen atoms in total. The van der Waals surface area contributed by atoms with Crippen LogP contribution in [0.1, 0.15) is 75.5 Å². The molecule has 1 saturated heterocycles. The summed E-state index contributed by atoms with van der Waals surface area (Å²) in [5.74, 6) is 0.549. The van der Waals surface area contributed by atoms with Crippen molar-refractivity contribution in [1.29, 1.82) is 0 Å². The van der Waals surface area contributed by atoms with Crippen molar-refractivity contribution in [3.05, 3.63) is 54.1 Å². The van der Waals surface area contributed by atoms with Gasteiger partial charge in [0.15, 0.2) is 5.11 Å². The number of pyridine rings is 1. The Bertz CT molecular complexity index is 764. The van der Waals surface area contributed by atoms with Crippen molar-refractivity contribution >= 4 is 17.3 Å². The summed E-state index contributed by atoms with van der Waals surface area (Å²) >= 11 is 5.76. The molecule has 1 saturated carbocycles. The summed E-state index contributed by atoms with van der Waals surface area (Å²) in [6.45, 7) is 5.47. The molecule has 0 aromatic carbocycles. The highest BCUT2D eigenvalue weighted by atomic mass is 32.1. The van der Waals surface area contributed by atoms with Crippen molar-refractivity contribution < 1.29 is 0 Å². The van der Waals surface area contributed by atoms with Gasteiger partial charge in [-0.05, 0) is 55.2 Å². The first-order chi connectivity index (χ1) is 13.1. The third-order valence-electron chi connectivity index (χ3n) is 5.84. The molecule has 0 spiro atoms. The molecule has 3 heterocycles. The second kappa shape index (κ2) is 8.01. The van der Waals surface area contributed by atoms with Crippen molar-refractivity contribution in [2.45, 2.75) is 64.1 Å². The molecule has 1 aliphatic heterocycles. The van der Waals surface area contributed by atoms with Crippen LogP contribution in [0, 0.1) is 5.92 Å². The van der Waals surface area contributed by atoms with E-state index in [4.69, 9.17) is 12.2 Å². The molecule has 2 atom stereocenters. The zero-order valence-electron chi connectivity index (χ0n) is 16.3. The Hall–Kier alpha value is -1.88. The van der Waals surface area contributed by atoms with E-state index in [9.17, 15) is 0 Å². The summed E-state index contributed by atoms with van der Waals surface area (Å²) in [7, 11) is 0. The van der Waals surface area contributed by atoms with Gasteiger partial charge >= 0.3 is 0 Å². The minimum atomic E-state index is 0.0923. The van der Waals surface area contributed by atoms with Gasteiger partial charge in [0.1, 0.15) is 0 Å². The number of hydrogen-bond donors (Lipinski definition) is 1. The fourth-order valence-electron chi connectivity index (χ4n) is 4.67. The molecular formula is C22H30N4S. The highest BCUT2D eigenvalue weighted by molar-refractivity contribution is 7.80. The Labute approximate surface area is 168 Å². The Morgan fingerprint density at radius 1 is 1.15 bits per heavy atom. The maximum absolute atomic E-state index is 5.76. The zero-order chi connectivity index (χ0) is 18.8. The van der Waals surface area contributed by atoms with Crippen LogP contribution in [0.5, 0.6) is 0 Å². The van der Waals surface area contributed by atoms with Gasteiger partial charge in [-0.15, -0.1) is 0 Å². The standard InChI is InChI=1S/C22H30N4S/c1-16(2)15-26-21(20(24-22(26)27)18-11-6-7-13-23-18)19-12-8-14-25(19)17-9-4-3-5-10-17/h6-8,11-14,16-17,20-21H,3-5,9-10,15H2,1-2H3,(H,24,27)/t20-,21-/m0/s1. The van der Waals surface area contributed by atoms with Gasteiger partial charge in [0.2, 0.25) is 0 Å². The number of rotatable bonds is 5. The van der Waals surface area contributed by atoms with Gasteiger partial charge < -0.3 is 14.8 Å². The molecule has 5 heteroatoms. The third kappa shape index (κ3) is 3.75. The first kappa shape index (κ1) is 18.5. The molecule has 2 aliphatic rings. The van der Waals surface area contributed by atoms with Gasteiger partial charge in [0.25, 0.3) is 0 Å². The Kier molecular flexibility index (Phi) is 5.48. The van der Waals surface area contributed by atoms with E-state index in [1.165, 1.54) is 37.8 Å². The molecular weight excluding hydrogens is 352 g/mol. The van der Waals surface area contributed by atoms with Crippen LogP contribution in [0.3, 0.4) is 0 Å². The first-order valence-corrected chi connectivity index (χ1v) is 10.7. The molecule has 0 unspecified atom stereocenters. The Morgan fingerprint density at radius 2 is 1.96 bits per heavy atom. The lowest BCUT2D eigenvalue weighted by molar-refractivity contribution is 0.261. The maximum atomic E-state index is 5.76. The summed E-state index contributed by atoms with van der Waals surface area (Å²) < 4.78 is 2.53. The topological polar surface area (TPSA) is 33.1 Å². The van der Waals surface area contributed by atoms with Crippen LogP contribution in [-0.2, 0) is 0 Å². The Morgan fingerprint density at radius 3 is 2.67 bits per heavy atom. The quantitative estimate of drug-likeness (QED) is 0.736. The normalized spacial score (nSPS) is 23.8. The lowest BCUT2D eigenvalue weighted by Gasteiger charge is -2.33. The number of hydrogen-bond acceptors (Lipinski definition) is 2. The van der Waals surface area contributed by atoms with E-state index in [1.54, 1.807) is 0 Å². The lowest BCUT2D eigenvalue weighted by atomic mass is 9.94. The predicted octanol–water partition coefficient (Wildman–Crippen LogP) is 5.02. The SMILES string of the molecule is CC(C)CN1C(=S)N[C@@H](c2ccccn2)[C@@H]1c1cccn1C1CCCCC1. The van der Waals surface area contributed by atoms with Crippen LogP contribution < -0.4 is 5.32 Å². The molecule has 4 rings (SSSR count). The highest BCUT2D eigenvalue weighted by Gasteiger charge is 2.41. The zero-order valence-corrected chi connectivity index (χ0v) is 17.2. The fourth-order valence-corrected chi connectivity index (χ4v) is 4.98. The Balaban J connectivity index is 1.73. The molecule has 2 aromatic rings. The average molecular weight is 383 g/mol. The molecule has 27 heavy (non-hydrogen) atoms. The highest BCUT2D eigenvalue weighted by Crippen LogP contribution is 2.41. The smallest absolute Gasteiger partial charge is 0.170 e.